The van der Waals surface area contributed by atoms with Gasteiger partial charge in [0.2, 0.25) is 0 Å². The lowest BCUT2D eigenvalue weighted by atomic mass is 10.00. The summed E-state index contributed by atoms with van der Waals surface area (Å²) in [5, 5.41) is 10.1. The van der Waals surface area contributed by atoms with E-state index in [4.69, 9.17) is 14.6 Å². The van der Waals surface area contributed by atoms with E-state index in [9.17, 15) is 9.59 Å². The number of para-hydroxylation sites is 1. The topological polar surface area (TPSA) is 71.4 Å². The quantitative estimate of drug-likeness (QED) is 0.455. The number of ether oxygens (including phenoxy) is 2. The fraction of sp³-hybridized carbons (Fsp3) is 0.292. The standard InChI is InChI=1S/C24H25N3O4S2/c1-30-12-11-26(24(29)22-10-6-14-33-22)16-23(28)27-19(17-7-3-4-8-20(17)31-2)15-18(25-27)21-9-5-13-32-21/h3-10,13-14,19H,11-12,15-16H2,1-2H3. The number of benzene rings is 1. The Balaban J connectivity index is 1.63. The first-order chi connectivity index (χ1) is 16.1. The van der Waals surface area contributed by atoms with Gasteiger partial charge in [0.15, 0.2) is 0 Å². The zero-order valence-corrected chi connectivity index (χ0v) is 20.1. The molecule has 0 radical (unpaired) electrons. The number of rotatable bonds is 9. The van der Waals surface area contributed by atoms with Gasteiger partial charge in [-0.1, -0.05) is 30.3 Å². The van der Waals surface area contributed by atoms with Crippen molar-refractivity contribution in [1.82, 2.24) is 9.91 Å². The molecule has 172 valence electrons. The molecule has 1 atom stereocenters. The van der Waals surface area contributed by atoms with E-state index >= 15 is 0 Å². The van der Waals surface area contributed by atoms with Gasteiger partial charge in [0, 0.05) is 25.6 Å². The van der Waals surface area contributed by atoms with E-state index in [-0.39, 0.29) is 24.4 Å². The van der Waals surface area contributed by atoms with Crippen LogP contribution >= 0.6 is 22.7 Å². The molecule has 7 nitrogen and oxygen atoms in total. The molecule has 3 aromatic rings. The Bertz CT molecular complexity index is 1110. The van der Waals surface area contributed by atoms with Gasteiger partial charge in [-0.15, -0.1) is 22.7 Å². The number of amides is 2. The fourth-order valence-electron chi connectivity index (χ4n) is 3.76. The number of carbonyl (C=O) groups excluding carboxylic acids is 2. The smallest absolute Gasteiger partial charge is 0.264 e. The third-order valence-electron chi connectivity index (χ3n) is 5.38. The molecule has 0 N–H and O–H groups in total. The molecule has 1 aliphatic rings. The summed E-state index contributed by atoms with van der Waals surface area (Å²) in [6.07, 6.45) is 0.573. The zero-order valence-electron chi connectivity index (χ0n) is 18.5. The van der Waals surface area contributed by atoms with E-state index in [0.29, 0.717) is 30.2 Å². The van der Waals surface area contributed by atoms with Crippen LogP contribution in [0.25, 0.3) is 0 Å². The Labute approximate surface area is 200 Å². The summed E-state index contributed by atoms with van der Waals surface area (Å²) in [6.45, 7) is 0.560. The lowest BCUT2D eigenvalue weighted by Gasteiger charge is -2.27. The van der Waals surface area contributed by atoms with Gasteiger partial charge in [-0.3, -0.25) is 9.59 Å². The predicted molar refractivity (Wildman–Crippen MR) is 130 cm³/mol. The van der Waals surface area contributed by atoms with Crippen LogP contribution in [0.3, 0.4) is 0 Å². The van der Waals surface area contributed by atoms with Crippen molar-refractivity contribution in [2.24, 2.45) is 5.10 Å². The van der Waals surface area contributed by atoms with E-state index in [1.54, 1.807) is 31.6 Å². The van der Waals surface area contributed by atoms with Crippen molar-refractivity contribution in [2.45, 2.75) is 12.5 Å². The number of nitrogens with zero attached hydrogens (tertiary/aromatic N) is 3. The summed E-state index contributed by atoms with van der Waals surface area (Å²) in [7, 11) is 3.19. The van der Waals surface area contributed by atoms with Crippen LogP contribution in [0.15, 0.2) is 64.4 Å². The van der Waals surface area contributed by atoms with E-state index in [1.165, 1.54) is 21.2 Å². The van der Waals surface area contributed by atoms with Crippen LogP contribution in [0.2, 0.25) is 0 Å². The van der Waals surface area contributed by atoms with E-state index in [1.807, 2.05) is 53.2 Å². The van der Waals surface area contributed by atoms with Crippen LogP contribution in [-0.4, -0.2) is 61.4 Å². The molecule has 3 heterocycles. The molecule has 9 heteroatoms. The highest BCUT2D eigenvalue weighted by Gasteiger charge is 2.36. The van der Waals surface area contributed by atoms with Crippen molar-refractivity contribution in [3.8, 4) is 5.75 Å². The largest absolute Gasteiger partial charge is 0.496 e. The van der Waals surface area contributed by atoms with E-state index < -0.39 is 0 Å². The number of hydrogen-bond acceptors (Lipinski definition) is 7. The molecule has 1 aliphatic heterocycles. The molecule has 1 unspecified atom stereocenters. The van der Waals surface area contributed by atoms with Gasteiger partial charge in [0.25, 0.3) is 11.8 Å². The van der Waals surface area contributed by atoms with Crippen molar-refractivity contribution < 1.29 is 19.1 Å². The summed E-state index contributed by atoms with van der Waals surface area (Å²) < 4.78 is 10.7. The Morgan fingerprint density at radius 1 is 1.09 bits per heavy atom. The number of carbonyl (C=O) groups is 2. The lowest BCUT2D eigenvalue weighted by molar-refractivity contribution is -0.133. The van der Waals surface area contributed by atoms with Crippen molar-refractivity contribution in [2.75, 3.05) is 33.9 Å². The van der Waals surface area contributed by atoms with Gasteiger partial charge in [-0.05, 0) is 29.0 Å². The Morgan fingerprint density at radius 3 is 2.58 bits per heavy atom. The highest BCUT2D eigenvalue weighted by atomic mass is 32.1. The normalized spacial score (nSPS) is 15.4. The minimum atomic E-state index is -0.313. The summed E-state index contributed by atoms with van der Waals surface area (Å²) >= 11 is 2.94. The van der Waals surface area contributed by atoms with Gasteiger partial charge < -0.3 is 14.4 Å². The maximum atomic E-state index is 13.5. The zero-order chi connectivity index (χ0) is 23.2. The highest BCUT2D eigenvalue weighted by molar-refractivity contribution is 7.12. The lowest BCUT2D eigenvalue weighted by Crippen LogP contribution is -2.42. The van der Waals surface area contributed by atoms with Gasteiger partial charge >= 0.3 is 0 Å². The highest BCUT2D eigenvalue weighted by Crippen LogP contribution is 2.38. The second-order valence-corrected chi connectivity index (χ2v) is 9.32. The second kappa shape index (κ2) is 10.7. The number of methoxy groups -OCH3 is 2. The monoisotopic (exact) mass is 483 g/mol. The molecule has 0 bridgehead atoms. The molecule has 33 heavy (non-hydrogen) atoms. The first kappa shape index (κ1) is 23.2. The van der Waals surface area contributed by atoms with E-state index in [2.05, 4.69) is 0 Å². The van der Waals surface area contributed by atoms with Crippen molar-refractivity contribution in [3.05, 3.63) is 74.6 Å². The third-order valence-corrected chi connectivity index (χ3v) is 7.16. The molecule has 0 spiro atoms. The number of thiophene rings is 2. The van der Waals surface area contributed by atoms with Gasteiger partial charge in [0.1, 0.15) is 12.3 Å². The van der Waals surface area contributed by atoms with E-state index in [0.717, 1.165) is 16.2 Å². The third kappa shape index (κ3) is 5.16. The molecular formula is C24H25N3O4S2. The molecule has 4 rings (SSSR count). The summed E-state index contributed by atoms with van der Waals surface area (Å²) in [5.41, 5.74) is 1.74. The molecule has 2 amide bonds. The first-order valence-electron chi connectivity index (χ1n) is 10.5. The predicted octanol–water partition coefficient (Wildman–Crippen LogP) is 4.28. The SMILES string of the molecule is COCCN(CC(=O)N1N=C(c2cccs2)CC1c1ccccc1OC)C(=O)c1cccs1. The van der Waals surface area contributed by atoms with Crippen LogP contribution < -0.4 is 4.74 Å². The number of hydrogen-bond donors (Lipinski definition) is 0. The molecule has 0 aliphatic carbocycles. The summed E-state index contributed by atoms with van der Waals surface area (Å²) in [4.78, 5) is 29.7. The van der Waals surface area contributed by atoms with Crippen LogP contribution in [0.4, 0.5) is 0 Å². The summed E-state index contributed by atoms with van der Waals surface area (Å²) in [5.74, 6) is 0.262. The minimum absolute atomic E-state index is 0.0903. The second-order valence-electron chi connectivity index (χ2n) is 7.42. The van der Waals surface area contributed by atoms with Crippen molar-refractivity contribution in [1.29, 1.82) is 0 Å². The molecule has 0 saturated heterocycles. The van der Waals surface area contributed by atoms with Gasteiger partial charge in [-0.25, -0.2) is 5.01 Å². The maximum absolute atomic E-state index is 13.5. The van der Waals surface area contributed by atoms with Crippen LogP contribution in [0.5, 0.6) is 5.75 Å². The maximum Gasteiger partial charge on any atom is 0.264 e. The molecule has 2 aromatic heterocycles. The summed E-state index contributed by atoms with van der Waals surface area (Å²) in [6, 6.07) is 14.9. The first-order valence-corrected chi connectivity index (χ1v) is 12.3. The van der Waals surface area contributed by atoms with Gasteiger partial charge in [-0.2, -0.15) is 5.10 Å². The average molecular weight is 484 g/mol. The average Bonchev–Trinajstić information content (AvgIpc) is 3.62. The Kier molecular flexibility index (Phi) is 7.54. The van der Waals surface area contributed by atoms with Crippen LogP contribution in [-0.2, 0) is 9.53 Å². The molecule has 1 aromatic carbocycles. The molecule has 0 fully saturated rings. The van der Waals surface area contributed by atoms with Crippen LogP contribution in [0, 0.1) is 0 Å². The molecule has 0 saturated carbocycles. The Hall–Kier alpha value is -3.01. The fourth-order valence-corrected chi connectivity index (χ4v) is 5.17. The molecular weight excluding hydrogens is 458 g/mol. The van der Waals surface area contributed by atoms with Crippen molar-refractivity contribution in [3.63, 3.8) is 0 Å². The minimum Gasteiger partial charge on any atom is -0.496 e. The van der Waals surface area contributed by atoms with Crippen molar-refractivity contribution >= 4 is 40.2 Å². The van der Waals surface area contributed by atoms with Crippen LogP contribution in [0.1, 0.15) is 32.6 Å². The number of hydrazone groups is 1. The Morgan fingerprint density at radius 2 is 1.88 bits per heavy atom. The van der Waals surface area contributed by atoms with Gasteiger partial charge in [0.05, 0.1) is 35.2 Å².